The average Bonchev–Trinajstić information content (AvgIpc) is 2.36. The van der Waals surface area contributed by atoms with E-state index in [1.54, 1.807) is 28.1 Å². The topological polar surface area (TPSA) is 50.7 Å². The van der Waals surface area contributed by atoms with E-state index in [1.165, 1.54) is 0 Å². The van der Waals surface area contributed by atoms with Crippen molar-refractivity contribution in [1.82, 2.24) is 5.32 Å². The summed E-state index contributed by atoms with van der Waals surface area (Å²) in [5.74, 6) is 1.60. The second kappa shape index (κ2) is 6.26. The van der Waals surface area contributed by atoms with Crippen LogP contribution in [0.3, 0.4) is 0 Å². The zero-order valence-corrected chi connectivity index (χ0v) is 12.7. The SMILES string of the molecule is COc1ccc(OC)c(C(C)NC(C)C(C)(C)O)c1. The Balaban J connectivity index is 2.94. The average molecular weight is 267 g/mol. The minimum atomic E-state index is -0.777. The summed E-state index contributed by atoms with van der Waals surface area (Å²) in [7, 11) is 3.29. The Morgan fingerprint density at radius 2 is 1.79 bits per heavy atom. The van der Waals surface area contributed by atoms with Gasteiger partial charge in [-0.3, -0.25) is 0 Å². The third kappa shape index (κ3) is 4.11. The minimum absolute atomic E-state index is 0.0431. The molecule has 2 unspecified atom stereocenters. The Morgan fingerprint density at radius 1 is 1.16 bits per heavy atom. The number of nitrogens with one attached hydrogen (secondary N) is 1. The van der Waals surface area contributed by atoms with Gasteiger partial charge in [-0.25, -0.2) is 0 Å². The van der Waals surface area contributed by atoms with Gasteiger partial charge in [0.25, 0.3) is 0 Å². The number of benzene rings is 1. The predicted octanol–water partition coefficient (Wildman–Crippen LogP) is 2.51. The van der Waals surface area contributed by atoms with Crippen LogP contribution in [0.25, 0.3) is 0 Å². The van der Waals surface area contributed by atoms with Crippen LogP contribution in [0.2, 0.25) is 0 Å². The van der Waals surface area contributed by atoms with Gasteiger partial charge in [-0.2, -0.15) is 0 Å². The molecule has 108 valence electrons. The molecule has 0 amide bonds. The Kier molecular flexibility index (Phi) is 5.20. The van der Waals surface area contributed by atoms with Crippen molar-refractivity contribution in [2.24, 2.45) is 0 Å². The molecule has 0 fully saturated rings. The van der Waals surface area contributed by atoms with Gasteiger partial charge in [0.2, 0.25) is 0 Å². The molecule has 2 N–H and O–H groups in total. The standard InChI is InChI=1S/C15H25NO3/c1-10(16-11(2)15(3,4)17)13-9-12(18-5)7-8-14(13)19-6/h7-11,16-17H,1-6H3. The Labute approximate surface area is 115 Å². The molecule has 2 atom stereocenters. The molecule has 1 aromatic rings. The van der Waals surface area contributed by atoms with E-state index in [9.17, 15) is 5.11 Å². The molecule has 1 rings (SSSR count). The Bertz CT molecular complexity index is 412. The molecule has 0 saturated heterocycles. The van der Waals surface area contributed by atoms with E-state index in [-0.39, 0.29) is 12.1 Å². The first-order chi connectivity index (χ1) is 8.79. The lowest BCUT2D eigenvalue weighted by Gasteiger charge is -2.30. The van der Waals surface area contributed by atoms with Crippen molar-refractivity contribution >= 4 is 0 Å². The molecule has 0 aliphatic rings. The third-order valence-electron chi connectivity index (χ3n) is 3.46. The quantitative estimate of drug-likeness (QED) is 0.831. The minimum Gasteiger partial charge on any atom is -0.497 e. The maximum absolute atomic E-state index is 9.99. The molecule has 0 aliphatic carbocycles. The number of hydrogen-bond acceptors (Lipinski definition) is 4. The van der Waals surface area contributed by atoms with Crippen molar-refractivity contribution in [2.45, 2.75) is 45.4 Å². The summed E-state index contributed by atoms with van der Waals surface area (Å²) in [5.41, 5.74) is 0.235. The molecule has 0 spiro atoms. The number of ether oxygens (including phenoxy) is 2. The summed E-state index contributed by atoms with van der Waals surface area (Å²) in [6.07, 6.45) is 0. The van der Waals surface area contributed by atoms with E-state index in [2.05, 4.69) is 5.32 Å². The van der Waals surface area contributed by atoms with Crippen LogP contribution in [0.4, 0.5) is 0 Å². The highest BCUT2D eigenvalue weighted by atomic mass is 16.5. The lowest BCUT2D eigenvalue weighted by atomic mass is 9.98. The van der Waals surface area contributed by atoms with E-state index >= 15 is 0 Å². The Hall–Kier alpha value is -1.26. The smallest absolute Gasteiger partial charge is 0.123 e. The van der Waals surface area contributed by atoms with Crippen molar-refractivity contribution < 1.29 is 14.6 Å². The molecule has 0 bridgehead atoms. The van der Waals surface area contributed by atoms with Gasteiger partial charge in [0.1, 0.15) is 11.5 Å². The van der Waals surface area contributed by atoms with Crippen LogP contribution < -0.4 is 14.8 Å². The van der Waals surface area contributed by atoms with E-state index in [0.29, 0.717) is 0 Å². The van der Waals surface area contributed by atoms with Crippen LogP contribution in [0, 0.1) is 0 Å². The second-order valence-corrected chi connectivity index (χ2v) is 5.37. The van der Waals surface area contributed by atoms with Crippen LogP contribution in [0.15, 0.2) is 18.2 Å². The predicted molar refractivity (Wildman–Crippen MR) is 76.9 cm³/mol. The largest absolute Gasteiger partial charge is 0.497 e. The summed E-state index contributed by atoms with van der Waals surface area (Å²) in [5, 5.41) is 13.4. The summed E-state index contributed by atoms with van der Waals surface area (Å²) in [6, 6.07) is 5.72. The Morgan fingerprint density at radius 3 is 2.26 bits per heavy atom. The van der Waals surface area contributed by atoms with Crippen LogP contribution in [0.5, 0.6) is 11.5 Å². The van der Waals surface area contributed by atoms with Crippen LogP contribution in [-0.2, 0) is 0 Å². The molecule has 0 aliphatic heterocycles. The van der Waals surface area contributed by atoms with Crippen LogP contribution in [-0.4, -0.2) is 31.0 Å². The van der Waals surface area contributed by atoms with Crippen molar-refractivity contribution in [3.05, 3.63) is 23.8 Å². The second-order valence-electron chi connectivity index (χ2n) is 5.37. The first kappa shape index (κ1) is 15.8. The third-order valence-corrected chi connectivity index (χ3v) is 3.46. The van der Waals surface area contributed by atoms with Gasteiger partial charge in [-0.1, -0.05) is 0 Å². The molecule has 19 heavy (non-hydrogen) atoms. The molecule has 0 heterocycles. The van der Waals surface area contributed by atoms with Gasteiger partial charge in [-0.05, 0) is 45.9 Å². The number of aliphatic hydroxyl groups is 1. The normalized spacial score (nSPS) is 14.9. The zero-order valence-electron chi connectivity index (χ0n) is 12.7. The molecule has 0 aromatic heterocycles. The first-order valence-corrected chi connectivity index (χ1v) is 6.50. The molecular weight excluding hydrogens is 242 g/mol. The monoisotopic (exact) mass is 267 g/mol. The number of hydrogen-bond donors (Lipinski definition) is 2. The summed E-state index contributed by atoms with van der Waals surface area (Å²) < 4.78 is 10.6. The van der Waals surface area contributed by atoms with E-state index < -0.39 is 5.60 Å². The van der Waals surface area contributed by atoms with Crippen molar-refractivity contribution in [2.75, 3.05) is 14.2 Å². The molecule has 1 aromatic carbocycles. The van der Waals surface area contributed by atoms with E-state index in [4.69, 9.17) is 9.47 Å². The highest BCUT2D eigenvalue weighted by Crippen LogP contribution is 2.30. The van der Waals surface area contributed by atoms with Gasteiger partial charge in [0.15, 0.2) is 0 Å². The highest BCUT2D eigenvalue weighted by Gasteiger charge is 2.24. The van der Waals surface area contributed by atoms with Gasteiger partial charge in [-0.15, -0.1) is 0 Å². The fourth-order valence-electron chi connectivity index (χ4n) is 1.85. The molecule has 4 nitrogen and oxygen atoms in total. The van der Waals surface area contributed by atoms with Crippen LogP contribution in [0.1, 0.15) is 39.3 Å². The lowest BCUT2D eigenvalue weighted by Crippen LogP contribution is -2.45. The zero-order chi connectivity index (χ0) is 14.6. The van der Waals surface area contributed by atoms with E-state index in [1.807, 2.05) is 32.0 Å². The fourth-order valence-corrected chi connectivity index (χ4v) is 1.85. The molecule has 0 saturated carbocycles. The lowest BCUT2D eigenvalue weighted by molar-refractivity contribution is 0.0404. The molecule has 4 heteroatoms. The maximum Gasteiger partial charge on any atom is 0.123 e. The van der Waals surface area contributed by atoms with Gasteiger partial charge in [0.05, 0.1) is 19.8 Å². The maximum atomic E-state index is 9.99. The van der Waals surface area contributed by atoms with Crippen molar-refractivity contribution in [3.8, 4) is 11.5 Å². The highest BCUT2D eigenvalue weighted by molar-refractivity contribution is 5.42. The van der Waals surface area contributed by atoms with Gasteiger partial charge >= 0.3 is 0 Å². The molecular formula is C15H25NO3. The van der Waals surface area contributed by atoms with Crippen molar-refractivity contribution in [3.63, 3.8) is 0 Å². The van der Waals surface area contributed by atoms with E-state index in [0.717, 1.165) is 17.1 Å². The molecule has 0 radical (unpaired) electrons. The summed E-state index contributed by atoms with van der Waals surface area (Å²) in [4.78, 5) is 0. The van der Waals surface area contributed by atoms with Gasteiger partial charge < -0.3 is 19.9 Å². The fraction of sp³-hybridized carbons (Fsp3) is 0.600. The van der Waals surface area contributed by atoms with Gasteiger partial charge in [0, 0.05) is 17.6 Å². The summed E-state index contributed by atoms with van der Waals surface area (Å²) >= 11 is 0. The summed E-state index contributed by atoms with van der Waals surface area (Å²) in [6.45, 7) is 7.59. The number of rotatable bonds is 6. The van der Waals surface area contributed by atoms with Crippen molar-refractivity contribution in [1.29, 1.82) is 0 Å². The number of methoxy groups -OCH3 is 2. The first-order valence-electron chi connectivity index (χ1n) is 6.50. The van der Waals surface area contributed by atoms with Crippen LogP contribution >= 0.6 is 0 Å².